The van der Waals surface area contributed by atoms with Crippen LogP contribution in [-0.2, 0) is 0 Å². The molecule has 0 atom stereocenters. The third kappa shape index (κ3) is 1.76. The molecule has 2 N–H and O–H groups in total. The third-order valence-electron chi connectivity index (χ3n) is 2.75. The molecule has 1 aliphatic rings. The molecule has 0 saturated carbocycles. The lowest BCUT2D eigenvalue weighted by Gasteiger charge is -2.51. The smallest absolute Gasteiger partial charge is 0.0371 e. The molecule has 12 heavy (non-hydrogen) atoms. The molecule has 0 unspecified atom stereocenters. The van der Waals surface area contributed by atoms with Crippen LogP contribution in [0.15, 0.2) is 0 Å². The fourth-order valence-electron chi connectivity index (χ4n) is 2.17. The summed E-state index contributed by atoms with van der Waals surface area (Å²) in [6, 6.07) is 0. The molecule has 0 aliphatic carbocycles. The Bertz CT molecular complexity index is 159. The number of rotatable bonds is 0. The Morgan fingerprint density at radius 1 is 1.17 bits per heavy atom. The van der Waals surface area contributed by atoms with Crippen LogP contribution in [-0.4, -0.2) is 21.5 Å². The van der Waals surface area contributed by atoms with Crippen molar-refractivity contribution in [1.29, 1.82) is 0 Å². The minimum Gasteiger partial charge on any atom is -0.268 e. The highest BCUT2D eigenvalue weighted by Crippen LogP contribution is 2.37. The van der Waals surface area contributed by atoms with Gasteiger partial charge >= 0.3 is 0 Å². The highest BCUT2D eigenvalue weighted by Gasteiger charge is 2.43. The maximum Gasteiger partial charge on any atom is 0.0371 e. The Morgan fingerprint density at radius 3 is 1.83 bits per heavy atom. The fraction of sp³-hybridized carbons (Fsp3) is 1.00. The van der Waals surface area contributed by atoms with Crippen LogP contribution in [0.5, 0.6) is 0 Å². The van der Waals surface area contributed by atoms with Gasteiger partial charge in [0.25, 0.3) is 0 Å². The van der Waals surface area contributed by atoms with Gasteiger partial charge in [-0.05, 0) is 40.5 Å². The van der Waals surface area contributed by atoms with Gasteiger partial charge in [-0.2, -0.15) is 0 Å². The molecule has 1 saturated heterocycles. The molecule has 2 nitrogen and oxygen atoms in total. The Kier molecular flexibility index (Phi) is 2.45. The highest BCUT2D eigenvalue weighted by atomic mass is 35.5. The van der Waals surface area contributed by atoms with Gasteiger partial charge in [0.15, 0.2) is 0 Å². The Hall–Kier alpha value is 0.210. The van der Waals surface area contributed by atoms with Gasteiger partial charge in [-0.25, -0.2) is 5.01 Å². The summed E-state index contributed by atoms with van der Waals surface area (Å²) in [4.78, 5) is 0. The van der Waals surface area contributed by atoms with Gasteiger partial charge in [0.1, 0.15) is 0 Å². The molecule has 0 aromatic carbocycles. The molecular formula is C9H19ClN2. The molecule has 0 amide bonds. The molecule has 0 radical (unpaired) electrons. The van der Waals surface area contributed by atoms with Gasteiger partial charge in [0, 0.05) is 16.5 Å². The van der Waals surface area contributed by atoms with E-state index in [2.05, 4.69) is 27.7 Å². The number of hydrazine groups is 1. The zero-order chi connectivity index (χ0) is 9.57. The minimum atomic E-state index is 0.0220. The van der Waals surface area contributed by atoms with Crippen LogP contribution < -0.4 is 5.84 Å². The van der Waals surface area contributed by atoms with Crippen molar-refractivity contribution in [2.45, 2.75) is 57.0 Å². The molecule has 0 aromatic heterocycles. The zero-order valence-electron chi connectivity index (χ0n) is 8.39. The number of piperidine rings is 1. The summed E-state index contributed by atoms with van der Waals surface area (Å²) in [6.07, 6.45) is 1.93. The van der Waals surface area contributed by atoms with Gasteiger partial charge in [-0.1, -0.05) is 0 Å². The SMILES string of the molecule is CC1(C)CC(Cl)CC(C)(C)N1N. The number of alkyl halides is 1. The van der Waals surface area contributed by atoms with E-state index >= 15 is 0 Å². The van der Waals surface area contributed by atoms with Gasteiger partial charge in [0.2, 0.25) is 0 Å². The second-order valence-corrected chi connectivity index (χ2v) is 5.62. The molecule has 1 fully saturated rings. The van der Waals surface area contributed by atoms with Crippen molar-refractivity contribution in [3.8, 4) is 0 Å². The third-order valence-corrected chi connectivity index (χ3v) is 3.05. The van der Waals surface area contributed by atoms with Gasteiger partial charge in [0.05, 0.1) is 0 Å². The van der Waals surface area contributed by atoms with Crippen molar-refractivity contribution in [2.24, 2.45) is 5.84 Å². The molecule has 1 aliphatic heterocycles. The predicted octanol–water partition coefficient (Wildman–Crippen LogP) is 2.12. The standard InChI is InChI=1S/C9H19ClN2/c1-8(2)5-7(10)6-9(3,4)12(8)11/h7H,5-6,11H2,1-4H3. The highest BCUT2D eigenvalue weighted by molar-refractivity contribution is 6.20. The topological polar surface area (TPSA) is 29.3 Å². The molecule has 72 valence electrons. The fourth-order valence-corrected chi connectivity index (χ4v) is 2.93. The lowest BCUT2D eigenvalue weighted by Crippen LogP contribution is -2.64. The largest absolute Gasteiger partial charge is 0.268 e. The van der Waals surface area contributed by atoms with Gasteiger partial charge < -0.3 is 0 Å². The van der Waals surface area contributed by atoms with Crippen LogP contribution in [0, 0.1) is 0 Å². The molecular weight excluding hydrogens is 172 g/mol. The van der Waals surface area contributed by atoms with Crippen molar-refractivity contribution >= 4 is 11.6 Å². The molecule has 3 heteroatoms. The quantitative estimate of drug-likeness (QED) is 0.469. The van der Waals surface area contributed by atoms with Crippen LogP contribution in [0.3, 0.4) is 0 Å². The van der Waals surface area contributed by atoms with Crippen LogP contribution in [0.25, 0.3) is 0 Å². The van der Waals surface area contributed by atoms with Gasteiger partial charge in [-0.15, -0.1) is 11.6 Å². The van der Waals surface area contributed by atoms with Crippen molar-refractivity contribution in [1.82, 2.24) is 5.01 Å². The van der Waals surface area contributed by atoms with E-state index in [9.17, 15) is 0 Å². The van der Waals surface area contributed by atoms with E-state index in [1.54, 1.807) is 0 Å². The van der Waals surface area contributed by atoms with Gasteiger partial charge in [-0.3, -0.25) is 5.84 Å². The van der Waals surface area contributed by atoms with E-state index < -0.39 is 0 Å². The lowest BCUT2D eigenvalue weighted by molar-refractivity contribution is -0.0258. The van der Waals surface area contributed by atoms with E-state index in [1.807, 2.05) is 5.01 Å². The average Bonchev–Trinajstić information content (AvgIpc) is 1.80. The van der Waals surface area contributed by atoms with Crippen LogP contribution in [0.2, 0.25) is 0 Å². The summed E-state index contributed by atoms with van der Waals surface area (Å²) in [5.74, 6) is 6.03. The second kappa shape index (κ2) is 2.86. The van der Waals surface area contributed by atoms with E-state index in [1.165, 1.54) is 0 Å². The van der Waals surface area contributed by atoms with Crippen LogP contribution in [0.4, 0.5) is 0 Å². The molecule has 0 spiro atoms. The van der Waals surface area contributed by atoms with E-state index in [0.29, 0.717) is 0 Å². The molecule has 0 aromatic rings. The van der Waals surface area contributed by atoms with E-state index in [0.717, 1.165) is 12.8 Å². The number of halogens is 1. The number of nitrogens with two attached hydrogens (primary N) is 1. The molecule has 1 heterocycles. The summed E-state index contributed by atoms with van der Waals surface area (Å²) in [7, 11) is 0. The normalized spacial score (nSPS) is 30.5. The molecule has 0 bridgehead atoms. The maximum absolute atomic E-state index is 6.17. The summed E-state index contributed by atoms with van der Waals surface area (Å²) in [6.45, 7) is 8.57. The Morgan fingerprint density at radius 2 is 1.50 bits per heavy atom. The average molecular weight is 191 g/mol. The second-order valence-electron chi connectivity index (χ2n) is 5.00. The maximum atomic E-state index is 6.17. The molecule has 1 rings (SSSR count). The summed E-state index contributed by atoms with van der Waals surface area (Å²) < 4.78 is 0. The number of hydrogen-bond acceptors (Lipinski definition) is 2. The van der Waals surface area contributed by atoms with Crippen LogP contribution in [0.1, 0.15) is 40.5 Å². The van der Waals surface area contributed by atoms with Crippen molar-refractivity contribution in [2.75, 3.05) is 0 Å². The predicted molar refractivity (Wildman–Crippen MR) is 53.1 cm³/mol. The monoisotopic (exact) mass is 190 g/mol. The van der Waals surface area contributed by atoms with E-state index in [4.69, 9.17) is 17.4 Å². The lowest BCUT2D eigenvalue weighted by atomic mass is 9.81. The first kappa shape index (κ1) is 10.3. The van der Waals surface area contributed by atoms with E-state index in [-0.39, 0.29) is 16.5 Å². The first-order valence-corrected chi connectivity index (χ1v) is 4.88. The Labute approximate surface area is 80.0 Å². The van der Waals surface area contributed by atoms with Crippen molar-refractivity contribution < 1.29 is 0 Å². The van der Waals surface area contributed by atoms with Crippen molar-refractivity contribution in [3.05, 3.63) is 0 Å². The first-order chi connectivity index (χ1) is 5.26. The first-order valence-electron chi connectivity index (χ1n) is 4.45. The summed E-state index contributed by atoms with van der Waals surface area (Å²) in [5.41, 5.74) is 0.0440. The summed E-state index contributed by atoms with van der Waals surface area (Å²) in [5, 5.41) is 2.20. The zero-order valence-corrected chi connectivity index (χ0v) is 9.15. The minimum absolute atomic E-state index is 0.0220. The number of nitrogens with zero attached hydrogens (tertiary/aromatic N) is 1. The number of hydrogen-bond donors (Lipinski definition) is 1. The summed E-state index contributed by atoms with van der Waals surface area (Å²) >= 11 is 6.17. The Balaban J connectivity index is 2.84. The van der Waals surface area contributed by atoms with Crippen molar-refractivity contribution in [3.63, 3.8) is 0 Å². The van der Waals surface area contributed by atoms with Crippen LogP contribution >= 0.6 is 11.6 Å².